The van der Waals surface area contributed by atoms with Crippen molar-refractivity contribution < 1.29 is 27.6 Å². The molecule has 3 N–H and O–H groups in total. The highest BCUT2D eigenvalue weighted by Gasteiger charge is 2.25. The topological polar surface area (TPSA) is 165 Å². The Morgan fingerprint density at radius 3 is 1.05 bits per heavy atom. The minimum Gasteiger partial charge on any atom is -0.486 e. The highest BCUT2D eigenvalue weighted by Crippen LogP contribution is 2.27. The Labute approximate surface area is 226 Å². The van der Waals surface area contributed by atoms with Gasteiger partial charge >= 0.3 is 0 Å². The first-order valence-corrected chi connectivity index (χ1v) is 14.0. The lowest BCUT2D eigenvalue weighted by atomic mass is 9.99. The van der Waals surface area contributed by atoms with Crippen molar-refractivity contribution in [3.05, 3.63) is 34.9 Å². The van der Waals surface area contributed by atoms with Crippen LogP contribution < -0.4 is 46.5 Å². The lowest BCUT2D eigenvalue weighted by molar-refractivity contribution is -0.758. The first kappa shape index (κ1) is 28.1. The summed E-state index contributed by atoms with van der Waals surface area (Å²) < 4.78 is 21.1. The van der Waals surface area contributed by atoms with Crippen LogP contribution in [-0.4, -0.2) is 0 Å². The highest BCUT2D eigenvalue weighted by molar-refractivity contribution is 5.74. The predicted octanol–water partition coefficient (Wildman–Crippen LogP) is 2.21. The zero-order valence-corrected chi connectivity index (χ0v) is 23.1. The smallest absolute Gasteiger partial charge is 0.273 e. The van der Waals surface area contributed by atoms with Gasteiger partial charge in [0.05, 0.1) is 16.7 Å². The minimum absolute atomic E-state index is 0.0472. The molecule has 39 heavy (non-hydrogen) atoms. The second-order valence-corrected chi connectivity index (χ2v) is 9.84. The number of hydrogen-bond acceptors (Lipinski definition) is 6. The van der Waals surface area contributed by atoms with Crippen molar-refractivity contribution in [3.63, 3.8) is 0 Å². The van der Waals surface area contributed by atoms with Gasteiger partial charge in [-0.15, -0.1) is 0 Å². The highest BCUT2D eigenvalue weighted by atomic mass is 16.5. The van der Waals surface area contributed by atoms with Gasteiger partial charge in [-0.1, -0.05) is 40.0 Å². The van der Waals surface area contributed by atoms with E-state index in [-0.39, 0.29) is 16.7 Å². The minimum atomic E-state index is -0.0472. The number of nitrogens with one attached hydrogen (secondary N) is 3. The molecule has 0 saturated heterocycles. The van der Waals surface area contributed by atoms with Crippen molar-refractivity contribution in [1.29, 1.82) is 16.2 Å². The van der Waals surface area contributed by atoms with E-state index in [4.69, 9.17) is 29.8 Å². The van der Waals surface area contributed by atoms with Crippen molar-refractivity contribution >= 4 is 0 Å². The molecule has 0 aliphatic carbocycles. The summed E-state index contributed by atoms with van der Waals surface area (Å²) in [6.07, 6.45) is 9.05. The van der Waals surface area contributed by atoms with E-state index in [9.17, 15) is 0 Å². The van der Waals surface area contributed by atoms with E-state index < -0.39 is 0 Å². The standard InChI is InChI=1S/C27H39N9O3/c1-4-7-10-13-34-22(25(28)37-31-34)19-16-20(23-26(29)38-32-35(23)14-11-8-5-2)18-21(17-19)24-27(30)39-33-36(24)15-12-9-6-3/h16-18,28-30H,4-15H2,1-3H3. The fourth-order valence-corrected chi connectivity index (χ4v) is 4.74. The molecule has 0 aliphatic rings. The van der Waals surface area contributed by atoms with Crippen LogP contribution in [0.4, 0.5) is 0 Å². The molecule has 0 atom stereocenters. The molecule has 1 aromatic carbocycles. The third-order valence-electron chi connectivity index (χ3n) is 6.79. The zero-order chi connectivity index (χ0) is 27.8. The van der Waals surface area contributed by atoms with Crippen molar-refractivity contribution in [2.24, 2.45) is 0 Å². The molecule has 0 spiro atoms. The summed E-state index contributed by atoms with van der Waals surface area (Å²) in [4.78, 5) is 0. The van der Waals surface area contributed by atoms with E-state index in [0.717, 1.165) is 57.8 Å². The van der Waals surface area contributed by atoms with E-state index in [2.05, 4.69) is 36.6 Å². The summed E-state index contributed by atoms with van der Waals surface area (Å²) in [6.45, 7) is 8.27. The monoisotopic (exact) mass is 537 g/mol. The summed E-state index contributed by atoms with van der Waals surface area (Å²) in [5.74, 6) is 0. The molecule has 3 aromatic heterocycles. The summed E-state index contributed by atoms with van der Waals surface area (Å²) in [5, 5.41) is 37.9. The lowest BCUT2D eigenvalue weighted by Crippen LogP contribution is -2.41. The number of unbranched alkanes of at least 4 members (excludes halogenated alkanes) is 6. The normalized spacial score (nSPS) is 11.5. The van der Waals surface area contributed by atoms with Crippen molar-refractivity contribution in [2.75, 3.05) is 0 Å². The summed E-state index contributed by atoms with van der Waals surface area (Å²) in [5.41, 5.74) is 3.53. The molecule has 0 aliphatic heterocycles. The molecule has 4 rings (SSSR count). The van der Waals surface area contributed by atoms with E-state index in [1.807, 2.05) is 18.2 Å². The molecule has 210 valence electrons. The Hall–Kier alpha value is -3.96. The Bertz CT molecular complexity index is 1340. The molecule has 0 radical (unpaired) electrons. The molecule has 12 nitrogen and oxygen atoms in total. The molecule has 0 fully saturated rings. The first-order valence-electron chi connectivity index (χ1n) is 14.0. The van der Waals surface area contributed by atoms with Crippen LogP contribution in [0.5, 0.6) is 0 Å². The lowest BCUT2D eigenvalue weighted by Gasteiger charge is -2.08. The van der Waals surface area contributed by atoms with Crippen LogP contribution in [0.25, 0.3) is 33.8 Å². The fraction of sp³-hybridized carbons (Fsp3) is 0.556. The van der Waals surface area contributed by atoms with E-state index >= 15 is 0 Å². The Morgan fingerprint density at radius 1 is 0.513 bits per heavy atom. The van der Waals surface area contributed by atoms with Crippen LogP contribution in [0, 0.1) is 16.2 Å². The van der Waals surface area contributed by atoms with Crippen LogP contribution in [0.2, 0.25) is 0 Å². The molecular weight excluding hydrogens is 498 g/mol. The Balaban J connectivity index is 1.89. The van der Waals surface area contributed by atoms with E-state index in [1.165, 1.54) is 0 Å². The van der Waals surface area contributed by atoms with E-state index in [1.54, 1.807) is 14.0 Å². The summed E-state index contributed by atoms with van der Waals surface area (Å²) in [7, 11) is 0. The van der Waals surface area contributed by atoms with Crippen molar-refractivity contribution in [2.45, 2.75) is 98.2 Å². The van der Waals surface area contributed by atoms with Crippen LogP contribution in [0.3, 0.4) is 0 Å². The maximum absolute atomic E-state index is 8.50. The quantitative estimate of drug-likeness (QED) is 0.155. The first-order chi connectivity index (χ1) is 19.0. The summed E-state index contributed by atoms with van der Waals surface area (Å²) >= 11 is 0. The van der Waals surface area contributed by atoms with Gasteiger partial charge in [0.15, 0.2) is 0 Å². The van der Waals surface area contributed by atoms with Gasteiger partial charge in [-0.05, 0) is 37.5 Å². The van der Waals surface area contributed by atoms with Crippen molar-refractivity contribution in [1.82, 2.24) is 15.8 Å². The molecule has 3 heterocycles. The van der Waals surface area contributed by atoms with Gasteiger partial charge in [-0.25, -0.2) is 14.0 Å². The molecule has 0 amide bonds. The van der Waals surface area contributed by atoms with Gasteiger partial charge in [-0.2, -0.15) is 0 Å². The van der Waals surface area contributed by atoms with Crippen LogP contribution in [-0.2, 0) is 19.6 Å². The SMILES string of the molecule is CCCCC[n+]1[n-]oc(=N)c1-c1cc(-c2c(=N)o[n-][n+]2CCCCC)cc(-c2c(=N)o[n-][n+]2CCCCC)c1. The van der Waals surface area contributed by atoms with Crippen molar-refractivity contribution in [3.8, 4) is 33.8 Å². The molecule has 0 saturated carbocycles. The molecule has 12 heteroatoms. The average Bonchev–Trinajstić information content (AvgIpc) is 3.60. The van der Waals surface area contributed by atoms with Crippen LogP contribution in [0.15, 0.2) is 31.8 Å². The largest absolute Gasteiger partial charge is 0.486 e. The number of aryl methyl sites for hydroxylation is 3. The Kier molecular flexibility index (Phi) is 9.50. The Morgan fingerprint density at radius 2 is 0.795 bits per heavy atom. The third-order valence-corrected chi connectivity index (χ3v) is 6.79. The second-order valence-electron chi connectivity index (χ2n) is 9.84. The third kappa shape index (κ3) is 6.37. The van der Waals surface area contributed by atoms with Gasteiger partial charge in [0.1, 0.15) is 19.6 Å². The molecular formula is C27H39N9O3. The van der Waals surface area contributed by atoms with Gasteiger partial charge in [0.2, 0.25) is 0 Å². The van der Waals surface area contributed by atoms with Gasteiger partial charge in [-0.3, -0.25) is 32.0 Å². The second kappa shape index (κ2) is 13.2. The number of aromatic nitrogens is 6. The molecule has 0 unspecified atom stereocenters. The summed E-state index contributed by atoms with van der Waals surface area (Å²) in [6, 6.07) is 5.72. The van der Waals surface area contributed by atoms with Gasteiger partial charge < -0.3 is 13.6 Å². The number of rotatable bonds is 15. The number of hydrogen-bond donors (Lipinski definition) is 3. The maximum atomic E-state index is 8.50. The van der Waals surface area contributed by atoms with Gasteiger partial charge in [0.25, 0.3) is 33.7 Å². The van der Waals surface area contributed by atoms with Crippen LogP contribution in [0.1, 0.15) is 78.6 Å². The zero-order valence-electron chi connectivity index (χ0n) is 23.1. The molecule has 0 bridgehead atoms. The van der Waals surface area contributed by atoms with Gasteiger partial charge in [0, 0.05) is 19.3 Å². The van der Waals surface area contributed by atoms with Crippen LogP contribution >= 0.6 is 0 Å². The maximum Gasteiger partial charge on any atom is 0.273 e. The molecule has 4 aromatic rings. The average molecular weight is 538 g/mol. The number of nitrogens with zero attached hydrogens (tertiary/aromatic N) is 6. The van der Waals surface area contributed by atoms with E-state index in [0.29, 0.717) is 53.4 Å². The number of benzene rings is 1. The fourth-order valence-electron chi connectivity index (χ4n) is 4.74. The predicted molar refractivity (Wildman–Crippen MR) is 136 cm³/mol.